The van der Waals surface area contributed by atoms with Crippen molar-refractivity contribution in [2.45, 2.75) is 12.8 Å². The summed E-state index contributed by atoms with van der Waals surface area (Å²) in [5, 5.41) is 1.97. The van der Waals surface area contributed by atoms with E-state index in [1.54, 1.807) is 53.1 Å². The van der Waals surface area contributed by atoms with Gasteiger partial charge < -0.3 is 0 Å². The second kappa shape index (κ2) is 9.22. The fourth-order valence-electron chi connectivity index (χ4n) is 2.39. The highest BCUT2D eigenvalue weighted by Crippen LogP contribution is 2.37. The third-order valence-corrected chi connectivity index (χ3v) is 7.12. The van der Waals surface area contributed by atoms with E-state index in [4.69, 9.17) is 0 Å². The van der Waals surface area contributed by atoms with Crippen LogP contribution in [0.3, 0.4) is 0 Å². The second-order valence-electron chi connectivity index (χ2n) is 5.47. The standard InChI is InChI=1S/C20H18O2S3/c21-17(11-10-16-9-6-14-23-16)18(20-24-12-4-5-13-25-20)19(22)15-7-2-1-3-8-15/h1-3,6-11,14H,4-5,12-13H2/b11-10+. The Labute approximate surface area is 160 Å². The Morgan fingerprint density at radius 2 is 1.64 bits per heavy atom. The summed E-state index contributed by atoms with van der Waals surface area (Å²) in [5.74, 6) is 1.52. The van der Waals surface area contributed by atoms with E-state index in [1.807, 2.05) is 35.7 Å². The van der Waals surface area contributed by atoms with Crippen molar-refractivity contribution in [3.8, 4) is 0 Å². The van der Waals surface area contributed by atoms with Crippen molar-refractivity contribution >= 4 is 52.5 Å². The highest BCUT2D eigenvalue weighted by Gasteiger charge is 2.24. The van der Waals surface area contributed by atoms with Crippen molar-refractivity contribution in [3.63, 3.8) is 0 Å². The molecule has 2 aromatic rings. The van der Waals surface area contributed by atoms with Gasteiger partial charge in [-0.15, -0.1) is 34.9 Å². The first-order valence-corrected chi connectivity index (χ1v) is 11.0. The molecular formula is C20H18O2S3. The average Bonchev–Trinajstić information content (AvgIpc) is 3.03. The van der Waals surface area contributed by atoms with Crippen molar-refractivity contribution in [1.29, 1.82) is 0 Å². The van der Waals surface area contributed by atoms with Crippen LogP contribution in [0.25, 0.3) is 6.08 Å². The van der Waals surface area contributed by atoms with Gasteiger partial charge in [0.15, 0.2) is 11.6 Å². The third kappa shape index (κ3) is 4.97. The number of hydrogen-bond acceptors (Lipinski definition) is 5. The molecule has 0 saturated carbocycles. The highest BCUT2D eigenvalue weighted by atomic mass is 32.2. The SMILES string of the molecule is O=C(/C=C/c1cccs1)C(C(=O)c1ccccc1)=C1SCCCCS1. The van der Waals surface area contributed by atoms with Gasteiger partial charge >= 0.3 is 0 Å². The zero-order valence-electron chi connectivity index (χ0n) is 13.6. The van der Waals surface area contributed by atoms with Gasteiger partial charge in [-0.3, -0.25) is 9.59 Å². The van der Waals surface area contributed by atoms with E-state index < -0.39 is 0 Å². The van der Waals surface area contributed by atoms with Crippen LogP contribution in [0.4, 0.5) is 0 Å². The summed E-state index contributed by atoms with van der Waals surface area (Å²) in [6.07, 6.45) is 5.55. The molecule has 128 valence electrons. The zero-order valence-corrected chi connectivity index (χ0v) is 16.1. The third-order valence-electron chi connectivity index (χ3n) is 3.66. The average molecular weight is 387 g/mol. The number of rotatable bonds is 5. The summed E-state index contributed by atoms with van der Waals surface area (Å²) in [4.78, 5) is 26.9. The van der Waals surface area contributed by atoms with E-state index in [0.717, 1.165) is 33.5 Å². The molecule has 3 rings (SSSR count). The van der Waals surface area contributed by atoms with Gasteiger partial charge in [0.1, 0.15) is 0 Å². The highest BCUT2D eigenvalue weighted by molar-refractivity contribution is 8.22. The number of allylic oxidation sites excluding steroid dienone is 2. The summed E-state index contributed by atoms with van der Waals surface area (Å²) < 4.78 is 0.868. The molecule has 0 spiro atoms. The lowest BCUT2D eigenvalue weighted by molar-refractivity contribution is -0.111. The van der Waals surface area contributed by atoms with E-state index in [0.29, 0.717) is 11.1 Å². The maximum absolute atomic E-state index is 13.0. The largest absolute Gasteiger partial charge is 0.289 e. The normalized spacial score (nSPS) is 15.1. The van der Waals surface area contributed by atoms with Crippen molar-refractivity contribution in [2.24, 2.45) is 0 Å². The quantitative estimate of drug-likeness (QED) is 0.286. The number of hydrogen-bond donors (Lipinski definition) is 0. The number of benzene rings is 1. The summed E-state index contributed by atoms with van der Waals surface area (Å²) >= 11 is 4.84. The summed E-state index contributed by atoms with van der Waals surface area (Å²) in [6.45, 7) is 0. The van der Waals surface area contributed by atoms with Crippen LogP contribution < -0.4 is 0 Å². The molecule has 0 radical (unpaired) electrons. The first-order valence-electron chi connectivity index (χ1n) is 8.11. The molecule has 5 heteroatoms. The molecule has 0 atom stereocenters. The van der Waals surface area contributed by atoms with E-state index in [2.05, 4.69) is 0 Å². The molecule has 0 N–H and O–H groups in total. The minimum atomic E-state index is -0.209. The maximum atomic E-state index is 13.0. The molecule has 1 aliphatic heterocycles. The number of thioether (sulfide) groups is 2. The lowest BCUT2D eigenvalue weighted by Crippen LogP contribution is -2.13. The molecule has 1 fully saturated rings. The van der Waals surface area contributed by atoms with Gasteiger partial charge in [-0.05, 0) is 47.9 Å². The summed E-state index contributed by atoms with van der Waals surface area (Å²) in [5.41, 5.74) is 0.879. The molecule has 1 saturated heterocycles. The van der Waals surface area contributed by atoms with Crippen molar-refractivity contribution in [2.75, 3.05) is 11.5 Å². The first kappa shape index (κ1) is 18.2. The molecule has 1 aromatic carbocycles. The lowest BCUT2D eigenvalue weighted by atomic mass is 10.0. The molecule has 0 aliphatic carbocycles. The predicted octanol–water partition coefficient (Wildman–Crippen LogP) is 5.69. The van der Waals surface area contributed by atoms with Gasteiger partial charge in [0.05, 0.1) is 9.81 Å². The van der Waals surface area contributed by atoms with Crippen LogP contribution in [0.2, 0.25) is 0 Å². The van der Waals surface area contributed by atoms with Crippen molar-refractivity contribution in [3.05, 3.63) is 74.2 Å². The topological polar surface area (TPSA) is 34.1 Å². The van der Waals surface area contributed by atoms with Crippen LogP contribution in [-0.2, 0) is 4.79 Å². The number of ketones is 2. The number of carbonyl (C=O) groups excluding carboxylic acids is 2. The minimum absolute atomic E-state index is 0.182. The van der Waals surface area contributed by atoms with Gasteiger partial charge in [-0.1, -0.05) is 36.4 Å². The molecule has 2 nitrogen and oxygen atoms in total. The fourth-order valence-corrected chi connectivity index (χ4v) is 5.58. The maximum Gasteiger partial charge on any atom is 0.198 e. The van der Waals surface area contributed by atoms with E-state index in [1.165, 1.54) is 6.08 Å². The van der Waals surface area contributed by atoms with Crippen LogP contribution in [0.1, 0.15) is 28.1 Å². The monoisotopic (exact) mass is 386 g/mol. The van der Waals surface area contributed by atoms with E-state index in [-0.39, 0.29) is 11.6 Å². The van der Waals surface area contributed by atoms with E-state index in [9.17, 15) is 9.59 Å². The number of thiophene rings is 1. The molecule has 1 aliphatic rings. The Kier molecular flexibility index (Phi) is 6.73. The van der Waals surface area contributed by atoms with Crippen LogP contribution in [-0.4, -0.2) is 23.1 Å². The smallest absolute Gasteiger partial charge is 0.198 e. The Hall–Kier alpha value is -1.56. The first-order chi connectivity index (χ1) is 12.3. The molecule has 0 bridgehead atoms. The second-order valence-corrected chi connectivity index (χ2v) is 8.92. The predicted molar refractivity (Wildman–Crippen MR) is 110 cm³/mol. The van der Waals surface area contributed by atoms with Crippen LogP contribution >= 0.6 is 34.9 Å². The van der Waals surface area contributed by atoms with E-state index >= 15 is 0 Å². The fraction of sp³-hybridized carbons (Fsp3) is 0.200. The van der Waals surface area contributed by atoms with Gasteiger partial charge in [0.25, 0.3) is 0 Å². The van der Waals surface area contributed by atoms with Gasteiger partial charge in [-0.2, -0.15) is 0 Å². The lowest BCUT2D eigenvalue weighted by Gasteiger charge is -2.10. The molecule has 25 heavy (non-hydrogen) atoms. The van der Waals surface area contributed by atoms with Crippen molar-refractivity contribution < 1.29 is 9.59 Å². The van der Waals surface area contributed by atoms with Crippen molar-refractivity contribution in [1.82, 2.24) is 0 Å². The number of carbonyl (C=O) groups is 2. The minimum Gasteiger partial charge on any atom is -0.289 e. The van der Waals surface area contributed by atoms with Gasteiger partial charge in [-0.25, -0.2) is 0 Å². The molecule has 1 aromatic heterocycles. The van der Waals surface area contributed by atoms with Gasteiger partial charge in [0, 0.05) is 10.4 Å². The van der Waals surface area contributed by atoms with Crippen LogP contribution in [0, 0.1) is 0 Å². The Morgan fingerprint density at radius 3 is 2.28 bits per heavy atom. The molecule has 0 amide bonds. The number of Topliss-reactive ketones (excluding diaryl/α,β-unsaturated/α-hetero) is 1. The Morgan fingerprint density at radius 1 is 0.920 bits per heavy atom. The molecule has 2 heterocycles. The molecule has 0 unspecified atom stereocenters. The van der Waals surface area contributed by atoms with Crippen LogP contribution in [0.5, 0.6) is 0 Å². The zero-order chi connectivity index (χ0) is 17.5. The van der Waals surface area contributed by atoms with Crippen LogP contribution in [0.15, 0.2) is 63.7 Å². The Bertz CT molecular complexity index is 780. The molecular weight excluding hydrogens is 368 g/mol. The summed E-state index contributed by atoms with van der Waals surface area (Å²) in [7, 11) is 0. The Balaban J connectivity index is 1.95. The summed E-state index contributed by atoms with van der Waals surface area (Å²) in [6, 6.07) is 13.0. The van der Waals surface area contributed by atoms with Gasteiger partial charge in [0.2, 0.25) is 0 Å².